The second kappa shape index (κ2) is 13.3. The molecule has 1 amide bonds. The van der Waals surface area contributed by atoms with E-state index in [1.54, 1.807) is 48.3 Å². The van der Waals surface area contributed by atoms with Crippen molar-refractivity contribution in [1.82, 2.24) is 14.8 Å². The van der Waals surface area contributed by atoms with Gasteiger partial charge in [0.25, 0.3) is 5.91 Å². The van der Waals surface area contributed by atoms with E-state index >= 15 is 0 Å². The maximum atomic E-state index is 13.6. The fourth-order valence-corrected chi connectivity index (χ4v) is 3.07. The van der Waals surface area contributed by atoms with E-state index in [1.807, 2.05) is 13.8 Å². The molecule has 2 rings (SSSR count). The summed E-state index contributed by atoms with van der Waals surface area (Å²) in [6.07, 6.45) is 9.55. The average molecular weight is 517 g/mol. The van der Waals surface area contributed by atoms with Gasteiger partial charge in [0.1, 0.15) is 5.71 Å². The molecule has 0 aromatic carbocycles. The number of carbonyl (C=O) groups is 1. The number of rotatable bonds is 7. The molecule has 0 unspecified atom stereocenters. The number of alkyl halides is 3. The summed E-state index contributed by atoms with van der Waals surface area (Å²) in [6, 6.07) is -0.490. The van der Waals surface area contributed by atoms with Crippen LogP contribution in [0.4, 0.5) is 13.2 Å². The Morgan fingerprint density at radius 2 is 2.03 bits per heavy atom. The second-order valence-corrected chi connectivity index (χ2v) is 7.92. The Bertz CT molecular complexity index is 1200. The van der Waals surface area contributed by atoms with E-state index in [-0.39, 0.29) is 11.1 Å². The predicted molar refractivity (Wildman–Crippen MR) is 141 cm³/mol. The highest BCUT2D eigenvalue weighted by Gasteiger charge is 2.31. The van der Waals surface area contributed by atoms with Gasteiger partial charge in [-0.3, -0.25) is 14.5 Å². The molecule has 1 aromatic heterocycles. The summed E-state index contributed by atoms with van der Waals surface area (Å²) in [5.41, 5.74) is 0.588. The van der Waals surface area contributed by atoms with Crippen molar-refractivity contribution in [2.24, 2.45) is 22.1 Å². The fourth-order valence-electron chi connectivity index (χ4n) is 3.07. The van der Waals surface area contributed by atoms with E-state index < -0.39 is 23.8 Å². The van der Waals surface area contributed by atoms with Gasteiger partial charge in [-0.05, 0) is 57.1 Å². The second-order valence-electron chi connectivity index (χ2n) is 7.92. The van der Waals surface area contributed by atoms with Crippen molar-refractivity contribution in [3.63, 3.8) is 0 Å². The number of nitrogens with zero attached hydrogens (tertiary/aromatic N) is 6. The van der Waals surface area contributed by atoms with Crippen molar-refractivity contribution >= 4 is 35.9 Å². The van der Waals surface area contributed by atoms with Crippen molar-refractivity contribution in [2.45, 2.75) is 46.3 Å². The molecular formula is C26H31F3N6O2. The van der Waals surface area contributed by atoms with Gasteiger partial charge in [0.05, 0.1) is 18.3 Å². The van der Waals surface area contributed by atoms with Crippen molar-refractivity contribution in [2.75, 3.05) is 6.61 Å². The first kappa shape index (κ1) is 29.2. The van der Waals surface area contributed by atoms with Crippen molar-refractivity contribution in [3.05, 3.63) is 65.8 Å². The summed E-state index contributed by atoms with van der Waals surface area (Å²) < 4.78 is 46.1. The molecule has 1 aliphatic rings. The van der Waals surface area contributed by atoms with Gasteiger partial charge in [0.15, 0.2) is 0 Å². The zero-order valence-electron chi connectivity index (χ0n) is 21.5. The fraction of sp³-hybridized carbons (Fsp3) is 0.346. The predicted octanol–water partition coefficient (Wildman–Crippen LogP) is 5.49. The number of aromatic nitrogens is 2. The largest absolute Gasteiger partial charge is 0.478 e. The smallest absolute Gasteiger partial charge is 0.429 e. The molecule has 1 aromatic rings. The van der Waals surface area contributed by atoms with Crippen LogP contribution in [0.1, 0.15) is 45.4 Å². The van der Waals surface area contributed by atoms with E-state index in [0.29, 0.717) is 30.2 Å². The third-order valence-corrected chi connectivity index (χ3v) is 5.08. The molecule has 0 fully saturated rings. The van der Waals surface area contributed by atoms with Gasteiger partial charge in [-0.25, -0.2) is 10.0 Å². The molecule has 0 N–H and O–H groups in total. The number of amides is 1. The monoisotopic (exact) mass is 516 g/mol. The number of hydrogen-bond donors (Lipinski definition) is 0. The third-order valence-electron chi connectivity index (χ3n) is 5.08. The minimum Gasteiger partial charge on any atom is -0.478 e. The first-order valence-corrected chi connectivity index (χ1v) is 11.6. The maximum absolute atomic E-state index is 13.6. The first-order valence-electron chi connectivity index (χ1n) is 11.6. The highest BCUT2D eigenvalue weighted by Crippen LogP contribution is 2.21. The third kappa shape index (κ3) is 8.55. The van der Waals surface area contributed by atoms with Gasteiger partial charge in [0.2, 0.25) is 5.90 Å². The molecule has 0 aliphatic carbocycles. The lowest BCUT2D eigenvalue weighted by Gasteiger charge is -2.17. The highest BCUT2D eigenvalue weighted by molar-refractivity contribution is 6.00. The van der Waals surface area contributed by atoms with Crippen LogP contribution in [0, 0.1) is 0 Å². The molecular weight excluding hydrogens is 485 g/mol. The Balaban J connectivity index is 2.64. The number of hydrogen-bond acceptors (Lipinski definition) is 6. The quantitative estimate of drug-likeness (QED) is 0.450. The zero-order valence-corrected chi connectivity index (χ0v) is 21.5. The normalized spacial score (nSPS) is 22.6. The standard InChI is InChI=1S/C26H31F3N6O2/c1-7-21-15-22(18(4)16-30-19(5)26(27,28)29)25(36)35(31-13-10-11-24(32-21)37-9-3)14-12-20-17-34(6)33-23(20)8-2/h8,10-17,21H,2,7,9H2,1,3-6H3/b11-10-,14-12+,18-16+,22-15-,30-19+,31-13+,32-24+/t21-/m1/s1. The van der Waals surface area contributed by atoms with E-state index in [1.165, 1.54) is 19.3 Å². The van der Waals surface area contributed by atoms with Gasteiger partial charge >= 0.3 is 6.18 Å². The molecule has 0 spiro atoms. The van der Waals surface area contributed by atoms with Gasteiger partial charge in [-0.2, -0.15) is 23.4 Å². The number of allylic oxidation sites excluding steroid dienone is 1. The van der Waals surface area contributed by atoms with Crippen molar-refractivity contribution < 1.29 is 22.7 Å². The Hall–Kier alpha value is -4.02. The molecule has 11 heteroatoms. The number of halogens is 3. The summed E-state index contributed by atoms with van der Waals surface area (Å²) in [7, 11) is 1.75. The van der Waals surface area contributed by atoms with Crippen LogP contribution in [0.3, 0.4) is 0 Å². The lowest BCUT2D eigenvalue weighted by Crippen LogP contribution is -2.24. The molecule has 0 saturated carbocycles. The van der Waals surface area contributed by atoms with E-state index in [9.17, 15) is 18.0 Å². The number of hydrazone groups is 1. The Morgan fingerprint density at radius 3 is 2.65 bits per heavy atom. The lowest BCUT2D eigenvalue weighted by molar-refractivity contribution is -0.124. The molecule has 8 nitrogen and oxygen atoms in total. The van der Waals surface area contributed by atoms with Crippen LogP contribution in [0.15, 0.2) is 69.6 Å². The number of aryl methyl sites for hydroxylation is 1. The molecule has 2 heterocycles. The Morgan fingerprint density at radius 1 is 1.30 bits per heavy atom. The zero-order chi connectivity index (χ0) is 27.6. The average Bonchev–Trinajstić information content (AvgIpc) is 3.21. The molecule has 0 bridgehead atoms. The summed E-state index contributed by atoms with van der Waals surface area (Å²) in [5.74, 6) is -0.238. The van der Waals surface area contributed by atoms with Crippen LogP contribution in [0.25, 0.3) is 12.2 Å². The lowest BCUT2D eigenvalue weighted by atomic mass is 10.0. The van der Waals surface area contributed by atoms with E-state index in [4.69, 9.17) is 4.74 Å². The van der Waals surface area contributed by atoms with E-state index in [0.717, 1.165) is 18.1 Å². The summed E-state index contributed by atoms with van der Waals surface area (Å²) in [4.78, 5) is 21.7. The molecule has 1 atom stereocenters. The molecule has 0 radical (unpaired) electrons. The van der Waals surface area contributed by atoms with E-state index in [2.05, 4.69) is 26.8 Å². The Labute approximate surface area is 214 Å². The minimum atomic E-state index is -4.58. The van der Waals surface area contributed by atoms with Crippen molar-refractivity contribution in [3.8, 4) is 0 Å². The van der Waals surface area contributed by atoms with Gasteiger partial charge in [-0.15, -0.1) is 0 Å². The number of aliphatic imine (C=N–C) groups is 2. The SMILES string of the molecule is C=Cc1nn(C)cc1/C=C/N1/N=C/C=C\C(OCC)=N/[C@H](CC)/C=C(/C(C)=C/N=C(\C)C(F)(F)F)C1=O. The van der Waals surface area contributed by atoms with Crippen LogP contribution in [-0.2, 0) is 16.6 Å². The van der Waals surface area contributed by atoms with Crippen molar-refractivity contribution in [1.29, 1.82) is 0 Å². The van der Waals surface area contributed by atoms with Crippen LogP contribution in [0.2, 0.25) is 0 Å². The maximum Gasteiger partial charge on any atom is 0.429 e. The van der Waals surface area contributed by atoms with Crippen LogP contribution < -0.4 is 0 Å². The highest BCUT2D eigenvalue weighted by atomic mass is 19.4. The van der Waals surface area contributed by atoms with Crippen LogP contribution in [0.5, 0.6) is 0 Å². The molecule has 1 aliphatic heterocycles. The molecule has 198 valence electrons. The van der Waals surface area contributed by atoms with Gasteiger partial charge < -0.3 is 4.74 Å². The number of ether oxygens (including phenoxy) is 1. The number of carbonyl (C=O) groups excluding carboxylic acids is 1. The first-order chi connectivity index (χ1) is 17.5. The minimum absolute atomic E-state index is 0.101. The van der Waals surface area contributed by atoms with Gasteiger partial charge in [0, 0.05) is 49.1 Å². The van der Waals surface area contributed by atoms with Crippen LogP contribution >= 0.6 is 0 Å². The van der Waals surface area contributed by atoms with Gasteiger partial charge in [-0.1, -0.05) is 13.5 Å². The molecule has 0 saturated heterocycles. The van der Waals surface area contributed by atoms with Crippen LogP contribution in [-0.4, -0.2) is 57.3 Å². The summed E-state index contributed by atoms with van der Waals surface area (Å²) >= 11 is 0. The summed E-state index contributed by atoms with van der Waals surface area (Å²) in [5, 5.41) is 9.60. The topological polar surface area (TPSA) is 84.4 Å². The Kier molecular flexibility index (Phi) is 10.5. The summed E-state index contributed by atoms with van der Waals surface area (Å²) in [6.45, 7) is 10.2. The molecule has 37 heavy (non-hydrogen) atoms.